The van der Waals surface area contributed by atoms with Crippen molar-refractivity contribution < 1.29 is 13.9 Å². The van der Waals surface area contributed by atoms with Crippen molar-refractivity contribution in [1.82, 2.24) is 14.8 Å². The predicted molar refractivity (Wildman–Crippen MR) is 117 cm³/mol. The molecule has 0 fully saturated rings. The number of rotatable bonds is 7. The first kappa shape index (κ1) is 20.9. The van der Waals surface area contributed by atoms with Crippen molar-refractivity contribution in [2.24, 2.45) is 5.73 Å². The normalized spacial score (nSPS) is 15.4. The molecule has 3 N–H and O–H groups in total. The smallest absolute Gasteiger partial charge is 0.248 e. The number of nitrogens with one attached hydrogen (secondary N) is 1. The third-order valence-electron chi connectivity index (χ3n) is 4.92. The van der Waals surface area contributed by atoms with Crippen molar-refractivity contribution in [2.45, 2.75) is 30.8 Å². The van der Waals surface area contributed by atoms with Crippen LogP contribution in [0.3, 0.4) is 0 Å². The van der Waals surface area contributed by atoms with Gasteiger partial charge in [0.15, 0.2) is 0 Å². The van der Waals surface area contributed by atoms with Crippen LogP contribution in [0.25, 0.3) is 0 Å². The van der Waals surface area contributed by atoms with E-state index in [1.54, 1.807) is 29.8 Å². The molecule has 2 aromatic carbocycles. The monoisotopic (exact) mass is 439 g/mol. The highest BCUT2D eigenvalue weighted by Gasteiger charge is 2.33. The van der Waals surface area contributed by atoms with Gasteiger partial charge in [-0.05, 0) is 43.2 Å². The summed E-state index contributed by atoms with van der Waals surface area (Å²) in [5.74, 6) is 0.821. The third kappa shape index (κ3) is 4.27. The van der Waals surface area contributed by atoms with Gasteiger partial charge in [-0.2, -0.15) is 4.98 Å². The van der Waals surface area contributed by atoms with Crippen LogP contribution in [0, 0.1) is 5.82 Å². The number of aromatic nitrogens is 3. The number of hydrogen-bond acceptors (Lipinski definition) is 6. The second-order valence-corrected chi connectivity index (χ2v) is 7.92. The Kier molecular flexibility index (Phi) is 5.94. The summed E-state index contributed by atoms with van der Waals surface area (Å²) in [5, 5.41) is 8.17. The molecule has 1 aromatic heterocycles. The molecule has 3 aromatic rings. The van der Waals surface area contributed by atoms with Crippen LogP contribution in [0.1, 0.15) is 31.0 Å². The molecule has 1 aliphatic heterocycles. The Morgan fingerprint density at radius 1 is 1.26 bits per heavy atom. The first-order valence-electron chi connectivity index (χ1n) is 9.81. The molecule has 0 spiro atoms. The van der Waals surface area contributed by atoms with Crippen molar-refractivity contribution in [3.8, 4) is 5.75 Å². The minimum absolute atomic E-state index is 0.266. The molecule has 1 amide bonds. The van der Waals surface area contributed by atoms with Crippen molar-refractivity contribution in [2.75, 3.05) is 11.9 Å². The fraction of sp³-hybridized carbons (Fsp3) is 0.227. The number of carbonyl (C=O) groups excluding carboxylic acids is 1. The van der Waals surface area contributed by atoms with Gasteiger partial charge in [-0.3, -0.25) is 4.79 Å². The summed E-state index contributed by atoms with van der Waals surface area (Å²) in [6.07, 6.45) is 0. The molecule has 1 aliphatic rings. The number of benzene rings is 2. The number of nitrogens with zero attached hydrogens (tertiary/aromatic N) is 3. The molecule has 4 rings (SSSR count). The third-order valence-corrected chi connectivity index (χ3v) is 5.81. The van der Waals surface area contributed by atoms with Crippen LogP contribution in [0.2, 0.25) is 0 Å². The van der Waals surface area contributed by atoms with E-state index in [4.69, 9.17) is 10.5 Å². The van der Waals surface area contributed by atoms with E-state index in [1.807, 2.05) is 31.2 Å². The molecule has 31 heavy (non-hydrogen) atoms. The number of carbonyl (C=O) groups is 1. The zero-order valence-corrected chi connectivity index (χ0v) is 17.9. The lowest BCUT2D eigenvalue weighted by atomic mass is 9.95. The van der Waals surface area contributed by atoms with Gasteiger partial charge in [-0.15, -0.1) is 5.10 Å². The molecule has 2 heterocycles. The van der Waals surface area contributed by atoms with Crippen molar-refractivity contribution in [3.63, 3.8) is 0 Å². The fourth-order valence-corrected chi connectivity index (χ4v) is 4.31. The average molecular weight is 440 g/mol. The van der Waals surface area contributed by atoms with Crippen LogP contribution in [0.15, 0.2) is 65.0 Å². The minimum Gasteiger partial charge on any atom is -0.494 e. The Bertz CT molecular complexity index is 1140. The molecule has 0 saturated carbocycles. The molecular formula is C22H22FN5O2S. The van der Waals surface area contributed by atoms with E-state index in [2.05, 4.69) is 15.4 Å². The van der Waals surface area contributed by atoms with E-state index in [1.165, 1.54) is 17.8 Å². The van der Waals surface area contributed by atoms with Crippen molar-refractivity contribution in [3.05, 3.63) is 76.7 Å². The number of halogens is 1. The summed E-state index contributed by atoms with van der Waals surface area (Å²) in [4.78, 5) is 16.8. The van der Waals surface area contributed by atoms with Gasteiger partial charge < -0.3 is 15.8 Å². The number of hydrogen-bond donors (Lipinski definition) is 2. The molecule has 0 bridgehead atoms. The summed E-state index contributed by atoms with van der Waals surface area (Å²) in [6, 6.07) is 13.5. The Morgan fingerprint density at radius 2 is 2.00 bits per heavy atom. The van der Waals surface area contributed by atoms with Crippen molar-refractivity contribution >= 4 is 23.6 Å². The standard InChI is InChI=1S/C22H22FN5O2S/c1-3-30-16-10-8-14(9-11-16)19-18(20(24)29)13(2)25-21-26-22(27-28(19)21)31-12-15-6-4-5-7-17(15)23/h4-11,19H,3,12H2,1-2H3,(H2,24,29)(H,25,26,27)/t19-/m1/s1. The molecule has 0 unspecified atom stereocenters. The van der Waals surface area contributed by atoms with Gasteiger partial charge in [0.25, 0.3) is 0 Å². The summed E-state index contributed by atoms with van der Waals surface area (Å²) < 4.78 is 21.1. The van der Waals surface area contributed by atoms with E-state index in [0.717, 1.165) is 11.3 Å². The maximum atomic E-state index is 13.9. The van der Waals surface area contributed by atoms with Gasteiger partial charge in [0, 0.05) is 11.4 Å². The minimum atomic E-state index is -0.536. The van der Waals surface area contributed by atoms with Crippen LogP contribution < -0.4 is 15.8 Å². The summed E-state index contributed by atoms with van der Waals surface area (Å²) in [6.45, 7) is 4.26. The number of anilines is 1. The van der Waals surface area contributed by atoms with E-state index in [-0.39, 0.29) is 5.82 Å². The van der Waals surface area contributed by atoms with E-state index in [9.17, 15) is 9.18 Å². The summed E-state index contributed by atoms with van der Waals surface area (Å²) in [7, 11) is 0. The first-order valence-corrected chi connectivity index (χ1v) is 10.8. The van der Waals surface area contributed by atoms with Gasteiger partial charge >= 0.3 is 0 Å². The molecule has 9 heteroatoms. The Hall–Kier alpha value is -3.33. The molecule has 0 saturated heterocycles. The zero-order chi connectivity index (χ0) is 22.0. The number of thioether (sulfide) groups is 1. The van der Waals surface area contributed by atoms with Crippen LogP contribution in [0.5, 0.6) is 5.75 Å². The van der Waals surface area contributed by atoms with Crippen LogP contribution >= 0.6 is 11.8 Å². The number of amides is 1. The highest BCUT2D eigenvalue weighted by atomic mass is 32.2. The molecule has 1 atom stereocenters. The second-order valence-electron chi connectivity index (χ2n) is 6.98. The second kappa shape index (κ2) is 8.81. The highest BCUT2D eigenvalue weighted by Crippen LogP contribution is 2.36. The van der Waals surface area contributed by atoms with Gasteiger partial charge in [-0.25, -0.2) is 9.07 Å². The SMILES string of the molecule is CCOc1ccc([C@@H]2C(C(N)=O)=C(C)Nc3nc(SCc4ccccc4F)nn32)cc1. The zero-order valence-electron chi connectivity index (χ0n) is 17.1. The molecular weight excluding hydrogens is 417 g/mol. The van der Waals surface area contributed by atoms with Gasteiger partial charge in [-0.1, -0.05) is 42.1 Å². The lowest BCUT2D eigenvalue weighted by molar-refractivity contribution is -0.115. The largest absolute Gasteiger partial charge is 0.494 e. The predicted octanol–water partition coefficient (Wildman–Crippen LogP) is 3.88. The Morgan fingerprint density at radius 3 is 2.68 bits per heavy atom. The van der Waals surface area contributed by atoms with E-state index >= 15 is 0 Å². The Balaban J connectivity index is 1.67. The van der Waals surface area contributed by atoms with Gasteiger partial charge in [0.1, 0.15) is 17.6 Å². The maximum absolute atomic E-state index is 13.9. The molecule has 160 valence electrons. The Labute approximate surface area is 183 Å². The topological polar surface area (TPSA) is 95.1 Å². The molecule has 0 aliphatic carbocycles. The number of primary amides is 1. The summed E-state index contributed by atoms with van der Waals surface area (Å²) in [5.41, 5.74) is 8.14. The average Bonchev–Trinajstić information content (AvgIpc) is 3.15. The number of ether oxygens (including phenoxy) is 1. The first-order chi connectivity index (χ1) is 15.0. The van der Waals surface area contributed by atoms with Crippen LogP contribution in [-0.4, -0.2) is 27.3 Å². The maximum Gasteiger partial charge on any atom is 0.248 e. The number of allylic oxidation sites excluding steroid dienone is 1. The van der Waals surface area contributed by atoms with Gasteiger partial charge in [0.2, 0.25) is 17.0 Å². The lowest BCUT2D eigenvalue weighted by Crippen LogP contribution is -2.31. The van der Waals surface area contributed by atoms with Crippen LogP contribution in [-0.2, 0) is 10.5 Å². The highest BCUT2D eigenvalue weighted by molar-refractivity contribution is 7.98. The van der Waals surface area contributed by atoms with Crippen molar-refractivity contribution in [1.29, 1.82) is 0 Å². The number of fused-ring (bicyclic) bond motifs is 1. The fourth-order valence-electron chi connectivity index (χ4n) is 3.49. The lowest BCUT2D eigenvalue weighted by Gasteiger charge is -2.27. The summed E-state index contributed by atoms with van der Waals surface area (Å²) >= 11 is 1.32. The van der Waals surface area contributed by atoms with Gasteiger partial charge in [0.05, 0.1) is 12.2 Å². The van der Waals surface area contributed by atoms with Crippen LogP contribution in [0.4, 0.5) is 10.3 Å². The van der Waals surface area contributed by atoms with E-state index < -0.39 is 11.9 Å². The molecule has 0 radical (unpaired) electrons. The molecule has 7 nitrogen and oxygen atoms in total. The number of nitrogens with two attached hydrogens (primary N) is 1. The quantitative estimate of drug-likeness (QED) is 0.543. The van der Waals surface area contributed by atoms with E-state index in [0.29, 0.717) is 40.3 Å².